The molecule has 0 amide bonds. The van der Waals surface area contributed by atoms with Gasteiger partial charge in [0.15, 0.2) is 0 Å². The Hall–Kier alpha value is -0.540. The van der Waals surface area contributed by atoms with E-state index in [2.05, 4.69) is 20.7 Å². The zero-order chi connectivity index (χ0) is 14.8. The van der Waals surface area contributed by atoms with Crippen molar-refractivity contribution in [2.45, 2.75) is 30.4 Å². The van der Waals surface area contributed by atoms with Crippen LogP contribution in [0.4, 0.5) is 4.39 Å². The van der Waals surface area contributed by atoms with Gasteiger partial charge in [-0.3, -0.25) is 0 Å². The molecular weight excluding hydrogens is 353 g/mol. The third kappa shape index (κ3) is 3.56. The first kappa shape index (κ1) is 15.8. The number of nitrogens with one attached hydrogen (secondary N) is 1. The highest BCUT2D eigenvalue weighted by atomic mass is 79.9. The van der Waals surface area contributed by atoms with Gasteiger partial charge in [-0.15, -0.1) is 0 Å². The van der Waals surface area contributed by atoms with Crippen molar-refractivity contribution in [1.82, 2.24) is 4.72 Å². The van der Waals surface area contributed by atoms with Crippen LogP contribution in [0.1, 0.15) is 18.4 Å². The second-order valence-electron chi connectivity index (χ2n) is 4.52. The largest absolute Gasteiger partial charge is 0.392 e. The molecule has 1 aromatic carbocycles. The molecule has 0 spiro atoms. The van der Waals surface area contributed by atoms with Crippen molar-refractivity contribution >= 4 is 26.0 Å². The average molecular weight is 368 g/mol. The van der Waals surface area contributed by atoms with E-state index in [0.29, 0.717) is 11.1 Å². The normalized spacial score (nSPS) is 19.4. The molecule has 1 aliphatic rings. The van der Waals surface area contributed by atoms with Crippen LogP contribution < -0.4 is 4.72 Å². The molecule has 0 radical (unpaired) electrons. The fourth-order valence-corrected chi connectivity index (χ4v) is 3.88. The fraction of sp³-hybridized carbons (Fsp3) is 0.500. The van der Waals surface area contributed by atoms with Gasteiger partial charge in [0.1, 0.15) is 10.7 Å². The van der Waals surface area contributed by atoms with E-state index in [1.54, 1.807) is 0 Å². The minimum atomic E-state index is -3.98. The van der Waals surface area contributed by atoms with E-state index in [9.17, 15) is 12.8 Å². The van der Waals surface area contributed by atoms with E-state index in [-0.39, 0.29) is 18.2 Å². The number of hydrogen-bond donors (Lipinski definition) is 2. The van der Waals surface area contributed by atoms with Gasteiger partial charge in [-0.25, -0.2) is 17.5 Å². The summed E-state index contributed by atoms with van der Waals surface area (Å²) in [5.41, 5.74) is -0.0723. The molecule has 2 N–H and O–H groups in total. The van der Waals surface area contributed by atoms with Crippen molar-refractivity contribution in [3.05, 3.63) is 28.0 Å². The summed E-state index contributed by atoms with van der Waals surface area (Å²) in [6.07, 6.45) is 1.51. The molecule has 0 saturated carbocycles. The maximum absolute atomic E-state index is 14.0. The van der Waals surface area contributed by atoms with Gasteiger partial charge in [0, 0.05) is 23.2 Å². The van der Waals surface area contributed by atoms with Crippen LogP contribution in [0.5, 0.6) is 0 Å². The van der Waals surface area contributed by atoms with Crippen molar-refractivity contribution in [3.8, 4) is 0 Å². The zero-order valence-electron chi connectivity index (χ0n) is 10.6. The average Bonchev–Trinajstić information content (AvgIpc) is 2.92. The number of rotatable bonds is 5. The standard InChI is InChI=1S/C12H15BrFNO4S/c13-9-4-8(7-16)12(14)11(5-9)20(17,18)15-6-10-2-1-3-19-10/h4-5,10,15-16H,1-3,6-7H2. The van der Waals surface area contributed by atoms with Gasteiger partial charge in [0.05, 0.1) is 12.7 Å². The Balaban J connectivity index is 2.22. The van der Waals surface area contributed by atoms with Gasteiger partial charge in [0.2, 0.25) is 10.0 Å². The van der Waals surface area contributed by atoms with Crippen LogP contribution >= 0.6 is 15.9 Å². The van der Waals surface area contributed by atoms with Crippen molar-refractivity contribution in [1.29, 1.82) is 0 Å². The van der Waals surface area contributed by atoms with E-state index in [4.69, 9.17) is 9.84 Å². The molecule has 1 heterocycles. The van der Waals surface area contributed by atoms with Gasteiger partial charge in [0.25, 0.3) is 0 Å². The van der Waals surface area contributed by atoms with E-state index in [0.717, 1.165) is 12.8 Å². The molecule has 1 atom stereocenters. The van der Waals surface area contributed by atoms with Crippen LogP contribution in [0.3, 0.4) is 0 Å². The molecule has 5 nitrogen and oxygen atoms in total. The van der Waals surface area contributed by atoms with Crippen molar-refractivity contribution < 1.29 is 22.7 Å². The fourth-order valence-electron chi connectivity index (χ4n) is 2.01. The number of ether oxygens (including phenoxy) is 1. The SMILES string of the molecule is O=S(=O)(NCC1CCCO1)c1cc(Br)cc(CO)c1F. The Kier molecular flexibility index (Phi) is 5.14. The summed E-state index contributed by atoms with van der Waals surface area (Å²) in [7, 11) is -3.98. The number of sulfonamides is 1. The number of aliphatic hydroxyl groups excluding tert-OH is 1. The lowest BCUT2D eigenvalue weighted by Crippen LogP contribution is -2.32. The molecule has 2 rings (SSSR count). The Labute approximate surface area is 125 Å². The van der Waals surface area contributed by atoms with Crippen molar-refractivity contribution in [3.63, 3.8) is 0 Å². The first-order chi connectivity index (χ1) is 9.44. The molecule has 0 bridgehead atoms. The van der Waals surface area contributed by atoms with Crippen molar-refractivity contribution in [2.24, 2.45) is 0 Å². The molecule has 1 aliphatic heterocycles. The molecule has 112 valence electrons. The minimum Gasteiger partial charge on any atom is -0.392 e. The number of hydrogen-bond acceptors (Lipinski definition) is 4. The van der Waals surface area contributed by atoms with Gasteiger partial charge in [-0.05, 0) is 25.0 Å². The van der Waals surface area contributed by atoms with Crippen LogP contribution in [-0.2, 0) is 21.4 Å². The van der Waals surface area contributed by atoms with Gasteiger partial charge < -0.3 is 9.84 Å². The Bertz CT molecular complexity index is 587. The predicted octanol–water partition coefficient (Wildman–Crippen LogP) is 1.54. The van der Waals surface area contributed by atoms with Crippen LogP contribution in [-0.4, -0.2) is 32.8 Å². The maximum atomic E-state index is 14.0. The van der Waals surface area contributed by atoms with Gasteiger partial charge in [-0.1, -0.05) is 15.9 Å². The van der Waals surface area contributed by atoms with Crippen molar-refractivity contribution in [2.75, 3.05) is 13.2 Å². The van der Waals surface area contributed by atoms with Crippen LogP contribution in [0, 0.1) is 5.82 Å². The predicted molar refractivity (Wildman–Crippen MR) is 74.2 cm³/mol. The first-order valence-electron chi connectivity index (χ1n) is 6.14. The Morgan fingerprint density at radius 3 is 2.85 bits per heavy atom. The summed E-state index contributed by atoms with van der Waals surface area (Å²) in [5, 5.41) is 9.04. The molecular formula is C12H15BrFNO4S. The van der Waals surface area contributed by atoms with E-state index in [1.165, 1.54) is 12.1 Å². The Morgan fingerprint density at radius 2 is 2.25 bits per heavy atom. The van der Waals surface area contributed by atoms with Crippen LogP contribution in [0.2, 0.25) is 0 Å². The smallest absolute Gasteiger partial charge is 0.243 e. The lowest BCUT2D eigenvalue weighted by Gasteiger charge is -2.13. The summed E-state index contributed by atoms with van der Waals surface area (Å²) in [4.78, 5) is -0.478. The summed E-state index contributed by atoms with van der Waals surface area (Å²) in [6, 6.07) is 2.51. The van der Waals surface area contributed by atoms with Crippen LogP contribution in [0.25, 0.3) is 0 Å². The third-order valence-corrected chi connectivity index (χ3v) is 4.94. The maximum Gasteiger partial charge on any atom is 0.243 e. The van der Waals surface area contributed by atoms with E-state index in [1.807, 2.05) is 0 Å². The third-order valence-electron chi connectivity index (χ3n) is 3.06. The molecule has 0 aliphatic carbocycles. The minimum absolute atomic E-state index is 0.0723. The topological polar surface area (TPSA) is 75.6 Å². The molecule has 8 heteroatoms. The molecule has 1 aromatic rings. The van der Waals surface area contributed by atoms with Gasteiger partial charge in [-0.2, -0.15) is 0 Å². The second-order valence-corrected chi connectivity index (χ2v) is 7.17. The summed E-state index contributed by atoms with van der Waals surface area (Å²) in [5.74, 6) is -0.935. The summed E-state index contributed by atoms with van der Waals surface area (Å²) < 4.78 is 46.3. The Morgan fingerprint density at radius 1 is 1.50 bits per heavy atom. The number of halogens is 2. The first-order valence-corrected chi connectivity index (χ1v) is 8.41. The van der Waals surface area contributed by atoms with E-state index < -0.39 is 27.3 Å². The highest BCUT2D eigenvalue weighted by molar-refractivity contribution is 9.10. The monoisotopic (exact) mass is 367 g/mol. The molecule has 1 fully saturated rings. The molecule has 20 heavy (non-hydrogen) atoms. The van der Waals surface area contributed by atoms with Crippen LogP contribution in [0.15, 0.2) is 21.5 Å². The molecule has 1 saturated heterocycles. The quantitative estimate of drug-likeness (QED) is 0.827. The number of aliphatic hydroxyl groups is 1. The zero-order valence-corrected chi connectivity index (χ0v) is 13.0. The molecule has 1 unspecified atom stereocenters. The highest BCUT2D eigenvalue weighted by Crippen LogP contribution is 2.24. The summed E-state index contributed by atoms with van der Waals surface area (Å²) >= 11 is 3.10. The van der Waals surface area contributed by atoms with E-state index >= 15 is 0 Å². The second kappa shape index (κ2) is 6.48. The number of benzene rings is 1. The van der Waals surface area contributed by atoms with Gasteiger partial charge >= 0.3 is 0 Å². The summed E-state index contributed by atoms with van der Waals surface area (Å²) in [6.45, 7) is 0.161. The lowest BCUT2D eigenvalue weighted by atomic mass is 10.2. The lowest BCUT2D eigenvalue weighted by molar-refractivity contribution is 0.114. The molecule has 0 aromatic heterocycles. The highest BCUT2D eigenvalue weighted by Gasteiger charge is 2.24.